The smallest absolute Gasteiger partial charge is 0.254 e. The van der Waals surface area contributed by atoms with Crippen LogP contribution in [0.1, 0.15) is 62.5 Å². The molecule has 116 valence electrons. The van der Waals surface area contributed by atoms with Gasteiger partial charge < -0.3 is 5.32 Å². The molecule has 0 bridgehead atoms. The third-order valence-corrected chi connectivity index (χ3v) is 3.02. The second kappa shape index (κ2) is 7.71. The van der Waals surface area contributed by atoms with Gasteiger partial charge in [-0.2, -0.15) is 0 Å². The number of anilines is 1. The number of carbonyl (C=O) groups is 2. The third-order valence-electron chi connectivity index (χ3n) is 3.02. The molecule has 1 heterocycles. The van der Waals surface area contributed by atoms with Crippen molar-refractivity contribution in [3.8, 4) is 0 Å². The average Bonchev–Trinajstić information content (AvgIpc) is 3.33. The van der Waals surface area contributed by atoms with Crippen molar-refractivity contribution >= 4 is 17.8 Å². The quantitative estimate of drug-likeness (QED) is 0.892. The molecule has 2 rings (SSSR count). The third kappa shape index (κ3) is 4.51. The normalized spacial score (nSPS) is 13.2. The Balaban J connectivity index is 0.00000106. The monoisotopic (exact) mass is 292 g/mol. The van der Waals surface area contributed by atoms with Gasteiger partial charge in [0.25, 0.3) is 5.91 Å². The zero-order valence-electron chi connectivity index (χ0n) is 13.4. The lowest BCUT2D eigenvalue weighted by atomic mass is 10.0. The van der Waals surface area contributed by atoms with Gasteiger partial charge in [-0.1, -0.05) is 27.7 Å². The van der Waals surface area contributed by atoms with Crippen molar-refractivity contribution in [2.75, 3.05) is 12.4 Å². The van der Waals surface area contributed by atoms with Crippen LogP contribution in [0.4, 0.5) is 5.95 Å². The van der Waals surface area contributed by atoms with Gasteiger partial charge in [0.2, 0.25) is 11.9 Å². The van der Waals surface area contributed by atoms with Gasteiger partial charge in [-0.25, -0.2) is 9.97 Å². The molecule has 2 amide bonds. The summed E-state index contributed by atoms with van der Waals surface area (Å²) in [7, 11) is 1.56. The van der Waals surface area contributed by atoms with E-state index in [9.17, 15) is 9.59 Å². The highest BCUT2D eigenvalue weighted by molar-refractivity contribution is 5.96. The molecule has 0 radical (unpaired) electrons. The summed E-state index contributed by atoms with van der Waals surface area (Å²) in [6.45, 7) is 7.89. The fourth-order valence-electron chi connectivity index (χ4n) is 1.76. The molecule has 0 aromatic carbocycles. The standard InChI is InChI=1S/C13H18N4O2.C2H6/c1-7(2)10-9(12(19)14-3)6-15-13(16-10)17-11(18)8-4-5-8;1-2/h6-8H,4-5H2,1-3H3,(H,14,19)(H,15,16,17,18);1-2H3. The van der Waals surface area contributed by atoms with Gasteiger partial charge in [-0.15, -0.1) is 0 Å². The summed E-state index contributed by atoms with van der Waals surface area (Å²) in [5.41, 5.74) is 1.09. The Morgan fingerprint density at radius 2 is 1.90 bits per heavy atom. The number of amides is 2. The molecule has 1 saturated carbocycles. The highest BCUT2D eigenvalue weighted by Crippen LogP contribution is 2.30. The molecule has 2 N–H and O–H groups in total. The first kappa shape index (κ1) is 17.1. The van der Waals surface area contributed by atoms with Crippen LogP contribution in [0.25, 0.3) is 0 Å². The van der Waals surface area contributed by atoms with E-state index in [0.717, 1.165) is 12.8 Å². The zero-order valence-corrected chi connectivity index (χ0v) is 13.4. The van der Waals surface area contributed by atoms with Crippen LogP contribution in [-0.2, 0) is 4.79 Å². The number of rotatable bonds is 4. The maximum Gasteiger partial charge on any atom is 0.254 e. The van der Waals surface area contributed by atoms with Crippen molar-refractivity contribution in [1.82, 2.24) is 15.3 Å². The number of hydrogen-bond acceptors (Lipinski definition) is 4. The van der Waals surface area contributed by atoms with Gasteiger partial charge in [-0.05, 0) is 18.8 Å². The van der Waals surface area contributed by atoms with E-state index in [1.807, 2.05) is 27.7 Å². The van der Waals surface area contributed by atoms with Gasteiger partial charge >= 0.3 is 0 Å². The fraction of sp³-hybridized carbons (Fsp3) is 0.600. The number of aromatic nitrogens is 2. The van der Waals surface area contributed by atoms with E-state index in [1.54, 1.807) is 7.05 Å². The molecule has 0 atom stereocenters. The lowest BCUT2D eigenvalue weighted by Gasteiger charge is -2.12. The molecule has 0 aliphatic heterocycles. The lowest BCUT2D eigenvalue weighted by molar-refractivity contribution is -0.117. The second-order valence-corrected chi connectivity index (χ2v) is 4.99. The van der Waals surface area contributed by atoms with E-state index >= 15 is 0 Å². The SMILES string of the molecule is CC.CNC(=O)c1cnc(NC(=O)C2CC2)nc1C(C)C. The van der Waals surface area contributed by atoms with Crippen LogP contribution >= 0.6 is 0 Å². The summed E-state index contributed by atoms with van der Waals surface area (Å²) in [4.78, 5) is 31.7. The van der Waals surface area contributed by atoms with Crippen molar-refractivity contribution in [3.63, 3.8) is 0 Å². The minimum absolute atomic E-state index is 0.0394. The zero-order chi connectivity index (χ0) is 16.0. The summed E-state index contributed by atoms with van der Waals surface area (Å²) in [6, 6.07) is 0. The van der Waals surface area contributed by atoms with Crippen LogP contribution < -0.4 is 10.6 Å². The number of hydrogen-bond donors (Lipinski definition) is 2. The van der Waals surface area contributed by atoms with E-state index in [0.29, 0.717) is 11.3 Å². The molecule has 0 unspecified atom stereocenters. The Labute approximate surface area is 125 Å². The van der Waals surface area contributed by atoms with Gasteiger partial charge in [-0.3, -0.25) is 14.9 Å². The summed E-state index contributed by atoms with van der Waals surface area (Å²) < 4.78 is 0. The van der Waals surface area contributed by atoms with Crippen molar-refractivity contribution in [1.29, 1.82) is 0 Å². The van der Waals surface area contributed by atoms with E-state index in [1.165, 1.54) is 6.20 Å². The topological polar surface area (TPSA) is 84.0 Å². The number of nitrogens with one attached hydrogen (secondary N) is 2. The summed E-state index contributed by atoms with van der Waals surface area (Å²) in [5, 5.41) is 5.25. The van der Waals surface area contributed by atoms with E-state index in [-0.39, 0.29) is 29.6 Å². The van der Waals surface area contributed by atoms with E-state index in [2.05, 4.69) is 20.6 Å². The molecule has 6 nitrogen and oxygen atoms in total. The van der Waals surface area contributed by atoms with Crippen LogP contribution in [-0.4, -0.2) is 28.8 Å². The average molecular weight is 292 g/mol. The molecule has 0 saturated heterocycles. The first-order chi connectivity index (χ1) is 10.0. The Morgan fingerprint density at radius 1 is 1.29 bits per heavy atom. The fourth-order valence-corrected chi connectivity index (χ4v) is 1.76. The molecule has 6 heteroatoms. The van der Waals surface area contributed by atoms with Crippen LogP contribution in [0.15, 0.2) is 6.20 Å². The van der Waals surface area contributed by atoms with Crippen molar-refractivity contribution in [2.24, 2.45) is 5.92 Å². The maximum absolute atomic E-state index is 11.7. The van der Waals surface area contributed by atoms with Crippen molar-refractivity contribution in [3.05, 3.63) is 17.5 Å². The molecule has 21 heavy (non-hydrogen) atoms. The molecule has 1 fully saturated rings. The highest BCUT2D eigenvalue weighted by Gasteiger charge is 2.30. The van der Waals surface area contributed by atoms with Gasteiger partial charge in [0.05, 0.1) is 11.3 Å². The van der Waals surface area contributed by atoms with Crippen LogP contribution in [0.3, 0.4) is 0 Å². The van der Waals surface area contributed by atoms with Crippen LogP contribution in [0, 0.1) is 5.92 Å². The van der Waals surface area contributed by atoms with Crippen molar-refractivity contribution < 1.29 is 9.59 Å². The Kier molecular flexibility index (Phi) is 6.27. The second-order valence-electron chi connectivity index (χ2n) is 4.99. The lowest BCUT2D eigenvalue weighted by Crippen LogP contribution is -2.23. The van der Waals surface area contributed by atoms with Crippen LogP contribution in [0.2, 0.25) is 0 Å². The van der Waals surface area contributed by atoms with Crippen LogP contribution in [0.5, 0.6) is 0 Å². The summed E-state index contributed by atoms with van der Waals surface area (Å²) in [6.07, 6.45) is 3.32. The largest absolute Gasteiger partial charge is 0.355 e. The summed E-state index contributed by atoms with van der Waals surface area (Å²) in [5.74, 6) is 0.191. The van der Waals surface area contributed by atoms with E-state index in [4.69, 9.17) is 0 Å². The molecule has 1 aromatic rings. The first-order valence-electron chi connectivity index (χ1n) is 7.42. The maximum atomic E-state index is 11.7. The molecule has 1 aromatic heterocycles. The highest BCUT2D eigenvalue weighted by atomic mass is 16.2. The Morgan fingerprint density at radius 3 is 2.38 bits per heavy atom. The van der Waals surface area contributed by atoms with Crippen molar-refractivity contribution in [2.45, 2.75) is 46.5 Å². The van der Waals surface area contributed by atoms with Gasteiger partial charge in [0, 0.05) is 19.2 Å². The van der Waals surface area contributed by atoms with Gasteiger partial charge in [0.15, 0.2) is 0 Å². The minimum Gasteiger partial charge on any atom is -0.355 e. The number of carbonyl (C=O) groups excluding carboxylic acids is 2. The first-order valence-corrected chi connectivity index (χ1v) is 7.42. The molecule has 0 spiro atoms. The molecule has 1 aliphatic carbocycles. The summed E-state index contributed by atoms with van der Waals surface area (Å²) >= 11 is 0. The Bertz CT molecular complexity index is 510. The van der Waals surface area contributed by atoms with Gasteiger partial charge in [0.1, 0.15) is 0 Å². The molecular weight excluding hydrogens is 268 g/mol. The molecule has 1 aliphatic rings. The van der Waals surface area contributed by atoms with E-state index < -0.39 is 0 Å². The molecular formula is C15H24N4O2. The number of nitrogens with zero attached hydrogens (tertiary/aromatic N) is 2. The predicted molar refractivity (Wildman–Crippen MR) is 82.2 cm³/mol. The predicted octanol–water partition coefficient (Wildman–Crippen LogP) is 2.33. The Hall–Kier alpha value is -1.98. The minimum atomic E-state index is -0.219.